The molecule has 4 rings (SSSR count). The lowest BCUT2D eigenvalue weighted by molar-refractivity contribution is 0.352. The van der Waals surface area contributed by atoms with Gasteiger partial charge in [-0.25, -0.2) is 9.37 Å². The second-order valence-electron chi connectivity index (χ2n) is 7.57. The molecule has 8 nitrogen and oxygen atoms in total. The molecule has 1 atom stereocenters. The first kappa shape index (κ1) is 20.9. The summed E-state index contributed by atoms with van der Waals surface area (Å²) in [6, 6.07) is 8.17. The standard InChI is InChI=1S/C22H27FN8/c1-16(17-4-6-18(23)7-5-17)27-22-29-19(26-10-13-31-11-2-3-12-31)14-20(30-22)28-21-15-24-8-9-25-21/h4-9,14-16H,2-3,10-13H2,1H3,(H3,25,26,27,28,29,30). The Labute approximate surface area is 181 Å². The van der Waals surface area contributed by atoms with Gasteiger partial charge in [0, 0.05) is 31.5 Å². The van der Waals surface area contributed by atoms with Gasteiger partial charge >= 0.3 is 0 Å². The zero-order valence-electron chi connectivity index (χ0n) is 17.6. The van der Waals surface area contributed by atoms with Gasteiger partial charge in [-0.05, 0) is 50.6 Å². The maximum atomic E-state index is 13.2. The van der Waals surface area contributed by atoms with E-state index in [-0.39, 0.29) is 11.9 Å². The van der Waals surface area contributed by atoms with E-state index in [0.717, 1.165) is 37.6 Å². The van der Waals surface area contributed by atoms with Crippen LogP contribution in [0.2, 0.25) is 0 Å². The summed E-state index contributed by atoms with van der Waals surface area (Å²) in [5.74, 6) is 2.13. The number of nitrogens with zero attached hydrogens (tertiary/aromatic N) is 5. The van der Waals surface area contributed by atoms with Crippen LogP contribution in [-0.2, 0) is 0 Å². The smallest absolute Gasteiger partial charge is 0.227 e. The molecule has 1 unspecified atom stereocenters. The third kappa shape index (κ3) is 6.08. The summed E-state index contributed by atoms with van der Waals surface area (Å²) in [6.07, 6.45) is 7.42. The minimum absolute atomic E-state index is 0.0928. The Hall–Kier alpha value is -3.33. The molecular formula is C22H27FN8. The molecule has 0 spiro atoms. The number of aromatic nitrogens is 4. The Kier molecular flexibility index (Phi) is 6.83. The molecule has 1 saturated heterocycles. The van der Waals surface area contributed by atoms with Crippen molar-refractivity contribution in [2.45, 2.75) is 25.8 Å². The average molecular weight is 423 g/mol. The lowest BCUT2D eigenvalue weighted by Crippen LogP contribution is -2.26. The van der Waals surface area contributed by atoms with Crippen molar-refractivity contribution in [1.82, 2.24) is 24.8 Å². The molecule has 3 aromatic rings. The third-order valence-electron chi connectivity index (χ3n) is 5.19. The summed E-state index contributed by atoms with van der Waals surface area (Å²) in [7, 11) is 0. The number of hydrogen-bond donors (Lipinski definition) is 3. The number of halogens is 1. The largest absolute Gasteiger partial charge is 0.369 e. The van der Waals surface area contributed by atoms with E-state index in [1.165, 1.54) is 25.0 Å². The predicted octanol–water partition coefficient (Wildman–Crippen LogP) is 3.83. The third-order valence-corrected chi connectivity index (χ3v) is 5.19. The highest BCUT2D eigenvalue weighted by Gasteiger charge is 2.13. The van der Waals surface area contributed by atoms with Gasteiger partial charge in [0.25, 0.3) is 0 Å². The highest BCUT2D eigenvalue weighted by Crippen LogP contribution is 2.22. The van der Waals surface area contributed by atoms with Crippen LogP contribution in [0.1, 0.15) is 31.4 Å². The molecule has 0 radical (unpaired) electrons. The first-order valence-electron chi connectivity index (χ1n) is 10.6. The van der Waals surface area contributed by atoms with Crippen LogP contribution in [0.15, 0.2) is 48.9 Å². The van der Waals surface area contributed by atoms with E-state index in [4.69, 9.17) is 0 Å². The van der Waals surface area contributed by atoms with Gasteiger partial charge in [-0.1, -0.05) is 12.1 Å². The minimum Gasteiger partial charge on any atom is -0.369 e. The number of hydrogen-bond acceptors (Lipinski definition) is 8. The molecular weight excluding hydrogens is 395 g/mol. The number of anilines is 4. The molecule has 162 valence electrons. The Morgan fingerprint density at radius 3 is 2.55 bits per heavy atom. The molecule has 1 aliphatic rings. The van der Waals surface area contributed by atoms with Crippen LogP contribution in [-0.4, -0.2) is 51.0 Å². The van der Waals surface area contributed by atoms with Crippen LogP contribution in [0.3, 0.4) is 0 Å². The quantitative estimate of drug-likeness (QED) is 0.479. The maximum Gasteiger partial charge on any atom is 0.227 e. The van der Waals surface area contributed by atoms with Gasteiger partial charge < -0.3 is 20.9 Å². The van der Waals surface area contributed by atoms with Gasteiger partial charge in [0.15, 0.2) is 0 Å². The Morgan fingerprint density at radius 2 is 1.81 bits per heavy atom. The van der Waals surface area contributed by atoms with Crippen LogP contribution in [0.25, 0.3) is 0 Å². The van der Waals surface area contributed by atoms with E-state index in [1.807, 2.05) is 13.0 Å². The maximum absolute atomic E-state index is 13.2. The summed E-state index contributed by atoms with van der Waals surface area (Å²) in [4.78, 5) is 20.0. The van der Waals surface area contributed by atoms with E-state index in [9.17, 15) is 4.39 Å². The molecule has 9 heteroatoms. The molecule has 3 heterocycles. The van der Waals surface area contributed by atoms with Crippen molar-refractivity contribution in [3.63, 3.8) is 0 Å². The highest BCUT2D eigenvalue weighted by molar-refractivity contribution is 5.58. The molecule has 3 N–H and O–H groups in total. The topological polar surface area (TPSA) is 90.9 Å². The van der Waals surface area contributed by atoms with E-state index < -0.39 is 0 Å². The monoisotopic (exact) mass is 422 g/mol. The van der Waals surface area contributed by atoms with Gasteiger partial charge in [0.05, 0.1) is 12.2 Å². The second kappa shape index (κ2) is 10.1. The fourth-order valence-corrected chi connectivity index (χ4v) is 3.54. The molecule has 0 bridgehead atoms. The molecule has 1 aromatic carbocycles. The molecule has 1 fully saturated rings. The van der Waals surface area contributed by atoms with Crippen molar-refractivity contribution in [1.29, 1.82) is 0 Å². The Bertz CT molecular complexity index is 961. The summed E-state index contributed by atoms with van der Waals surface area (Å²) in [5, 5.41) is 9.88. The second-order valence-corrected chi connectivity index (χ2v) is 7.57. The van der Waals surface area contributed by atoms with Crippen molar-refractivity contribution < 1.29 is 4.39 Å². The Balaban J connectivity index is 1.49. The van der Waals surface area contributed by atoms with Crippen molar-refractivity contribution in [2.75, 3.05) is 42.1 Å². The normalized spacial score (nSPS) is 14.9. The summed E-state index contributed by atoms with van der Waals surface area (Å²) >= 11 is 0. The average Bonchev–Trinajstić information content (AvgIpc) is 3.28. The van der Waals surface area contributed by atoms with Crippen LogP contribution in [0, 0.1) is 5.82 Å². The molecule has 0 aliphatic carbocycles. The van der Waals surface area contributed by atoms with E-state index in [1.54, 1.807) is 30.7 Å². The first-order chi connectivity index (χ1) is 15.2. The first-order valence-corrected chi connectivity index (χ1v) is 10.6. The summed E-state index contributed by atoms with van der Waals surface area (Å²) in [6.45, 7) is 6.08. The summed E-state index contributed by atoms with van der Waals surface area (Å²) < 4.78 is 13.2. The SMILES string of the molecule is CC(Nc1nc(NCCN2CCCC2)cc(Nc2cnccn2)n1)c1ccc(F)cc1. The summed E-state index contributed by atoms with van der Waals surface area (Å²) in [5.41, 5.74) is 0.945. The van der Waals surface area contributed by atoms with Gasteiger partial charge in [0.1, 0.15) is 23.3 Å². The lowest BCUT2D eigenvalue weighted by Gasteiger charge is -2.18. The number of likely N-dealkylation sites (tertiary alicyclic amines) is 1. The Morgan fingerprint density at radius 1 is 1.03 bits per heavy atom. The zero-order chi connectivity index (χ0) is 21.5. The zero-order valence-corrected chi connectivity index (χ0v) is 17.6. The van der Waals surface area contributed by atoms with Crippen LogP contribution >= 0.6 is 0 Å². The van der Waals surface area contributed by atoms with Crippen molar-refractivity contribution in [3.05, 3.63) is 60.3 Å². The van der Waals surface area contributed by atoms with Crippen molar-refractivity contribution in [3.8, 4) is 0 Å². The molecule has 0 saturated carbocycles. The van der Waals surface area contributed by atoms with E-state index in [0.29, 0.717) is 17.6 Å². The number of nitrogens with one attached hydrogen (secondary N) is 3. The molecule has 1 aliphatic heterocycles. The fourth-order valence-electron chi connectivity index (χ4n) is 3.54. The lowest BCUT2D eigenvalue weighted by atomic mass is 10.1. The molecule has 31 heavy (non-hydrogen) atoms. The van der Waals surface area contributed by atoms with Gasteiger partial charge in [-0.15, -0.1) is 0 Å². The van der Waals surface area contributed by atoms with E-state index >= 15 is 0 Å². The molecule has 2 aromatic heterocycles. The molecule has 0 amide bonds. The van der Waals surface area contributed by atoms with Gasteiger partial charge in [-0.2, -0.15) is 9.97 Å². The van der Waals surface area contributed by atoms with Crippen molar-refractivity contribution in [2.24, 2.45) is 0 Å². The fraction of sp³-hybridized carbons (Fsp3) is 0.364. The highest BCUT2D eigenvalue weighted by atomic mass is 19.1. The van der Waals surface area contributed by atoms with Crippen molar-refractivity contribution >= 4 is 23.4 Å². The predicted molar refractivity (Wildman–Crippen MR) is 120 cm³/mol. The van der Waals surface area contributed by atoms with Crippen LogP contribution in [0.5, 0.6) is 0 Å². The van der Waals surface area contributed by atoms with Crippen LogP contribution < -0.4 is 16.0 Å². The minimum atomic E-state index is -0.258. The number of benzene rings is 1. The number of rotatable bonds is 9. The van der Waals surface area contributed by atoms with Gasteiger partial charge in [-0.3, -0.25) is 4.98 Å². The van der Waals surface area contributed by atoms with Crippen LogP contribution in [0.4, 0.5) is 27.8 Å². The van der Waals surface area contributed by atoms with E-state index in [2.05, 4.69) is 40.8 Å². The van der Waals surface area contributed by atoms with Gasteiger partial charge in [0.2, 0.25) is 5.95 Å².